The molecule has 2 aliphatic carbocycles. The quantitative estimate of drug-likeness (QED) is 0.155. The van der Waals surface area contributed by atoms with Crippen LogP contribution in [-0.4, -0.2) is 22.4 Å². The number of nitrogens with one attached hydrogen (secondary N) is 2. The maximum absolute atomic E-state index is 8.71. The van der Waals surface area contributed by atoms with Crippen molar-refractivity contribution in [3.63, 3.8) is 0 Å². The van der Waals surface area contributed by atoms with Gasteiger partial charge in [-0.15, -0.1) is 0 Å². The van der Waals surface area contributed by atoms with Crippen molar-refractivity contribution in [3.8, 4) is 11.1 Å². The van der Waals surface area contributed by atoms with Crippen molar-refractivity contribution in [1.29, 1.82) is 5.41 Å². The molecule has 4 aromatic carbocycles. The third kappa shape index (κ3) is 3.94. The fourth-order valence-corrected chi connectivity index (χ4v) is 7.66. The number of aromatic nitrogens is 1. The summed E-state index contributed by atoms with van der Waals surface area (Å²) in [7, 11) is 0. The monoisotopic (exact) mass is 595 g/mol. The first-order valence-electron chi connectivity index (χ1n) is 15.6. The van der Waals surface area contributed by atoms with Gasteiger partial charge in [0.25, 0.3) is 0 Å². The Bertz CT molecular complexity index is 2100. The number of aliphatic imine (C=N–C) groups is 2. The number of benzene rings is 4. The maximum Gasteiger partial charge on any atom is 0.169 e. The van der Waals surface area contributed by atoms with Crippen LogP contribution in [0, 0.1) is 5.41 Å². The van der Waals surface area contributed by atoms with Gasteiger partial charge in [0, 0.05) is 11.6 Å². The van der Waals surface area contributed by atoms with Crippen LogP contribution in [0.25, 0.3) is 11.1 Å². The molecule has 1 aliphatic heterocycles. The molecule has 8 rings (SSSR count). The average molecular weight is 596 g/mol. The fourth-order valence-electron chi connectivity index (χ4n) is 7.66. The molecule has 1 spiro atoms. The Morgan fingerprint density at radius 1 is 0.739 bits per heavy atom. The predicted octanol–water partition coefficient (Wildman–Crippen LogP) is 8.29. The Labute approximate surface area is 269 Å². The molecule has 46 heavy (non-hydrogen) atoms. The molecule has 5 nitrogen and oxygen atoms in total. The molecular weight excluding hydrogens is 562 g/mol. The van der Waals surface area contributed by atoms with Crippen LogP contribution in [0.1, 0.15) is 64.7 Å². The van der Waals surface area contributed by atoms with Gasteiger partial charge in [-0.25, -0.2) is 9.98 Å². The lowest BCUT2D eigenvalue weighted by molar-refractivity contribution is 0.563. The summed E-state index contributed by atoms with van der Waals surface area (Å²) in [6, 6.07) is 39.2. The summed E-state index contributed by atoms with van der Waals surface area (Å²) in [5, 5.41) is 12.0. The average Bonchev–Trinajstić information content (AvgIpc) is 3.40. The molecule has 5 aromatic rings. The first-order valence-corrected chi connectivity index (χ1v) is 15.6. The van der Waals surface area contributed by atoms with Gasteiger partial charge < -0.3 is 5.32 Å². The number of pyridine rings is 1. The summed E-state index contributed by atoms with van der Waals surface area (Å²) < 4.78 is 0. The third-order valence-electron chi connectivity index (χ3n) is 9.68. The van der Waals surface area contributed by atoms with Crippen molar-refractivity contribution >= 4 is 17.4 Å². The number of nitrogens with zero attached hydrogens (tertiary/aromatic N) is 3. The van der Waals surface area contributed by atoms with Crippen molar-refractivity contribution in [2.75, 3.05) is 0 Å². The zero-order valence-corrected chi connectivity index (χ0v) is 25.8. The minimum absolute atomic E-state index is 0.141. The summed E-state index contributed by atoms with van der Waals surface area (Å²) in [5.41, 5.74) is 11.6. The first kappa shape index (κ1) is 27.8. The van der Waals surface area contributed by atoms with Crippen LogP contribution in [0.5, 0.6) is 0 Å². The highest BCUT2D eigenvalue weighted by Gasteiger charge is 2.53. The normalized spacial score (nSPS) is 18.0. The second-order valence-corrected chi connectivity index (χ2v) is 12.5. The van der Waals surface area contributed by atoms with Gasteiger partial charge in [-0.3, -0.25) is 10.4 Å². The number of hydrogen-bond donors (Lipinski definition) is 2. The van der Waals surface area contributed by atoms with Gasteiger partial charge in [0.15, 0.2) is 17.8 Å². The molecule has 1 aromatic heterocycles. The van der Waals surface area contributed by atoms with Gasteiger partial charge in [-0.1, -0.05) is 124 Å². The lowest BCUT2D eigenvalue weighted by Gasteiger charge is -2.46. The smallest absolute Gasteiger partial charge is 0.169 e. The topological polar surface area (TPSA) is 73.5 Å². The zero-order valence-electron chi connectivity index (χ0n) is 25.8. The van der Waals surface area contributed by atoms with E-state index in [4.69, 9.17) is 15.4 Å². The van der Waals surface area contributed by atoms with E-state index >= 15 is 0 Å². The van der Waals surface area contributed by atoms with Crippen molar-refractivity contribution in [2.45, 2.75) is 30.8 Å². The minimum atomic E-state index is -0.551. The van der Waals surface area contributed by atoms with Gasteiger partial charge in [0.1, 0.15) is 5.69 Å². The van der Waals surface area contributed by atoms with Crippen LogP contribution < -0.4 is 5.32 Å². The first-order chi connectivity index (χ1) is 22.4. The molecule has 0 saturated carbocycles. The van der Waals surface area contributed by atoms with E-state index in [2.05, 4.69) is 122 Å². The van der Waals surface area contributed by atoms with Crippen LogP contribution in [0.3, 0.4) is 0 Å². The molecule has 0 bridgehead atoms. The molecule has 1 atom stereocenters. The lowest BCUT2D eigenvalue weighted by Crippen LogP contribution is -2.40. The van der Waals surface area contributed by atoms with Crippen molar-refractivity contribution in [2.24, 2.45) is 9.98 Å². The van der Waals surface area contributed by atoms with E-state index in [1.807, 2.05) is 18.2 Å². The number of rotatable bonds is 5. The summed E-state index contributed by atoms with van der Waals surface area (Å²) in [6.07, 6.45) is 6.26. The molecule has 2 N–H and O–H groups in total. The van der Waals surface area contributed by atoms with Gasteiger partial charge in [-0.2, -0.15) is 0 Å². The summed E-state index contributed by atoms with van der Waals surface area (Å²) in [6.45, 7) is 8.43. The Hall–Kier alpha value is -5.68. The van der Waals surface area contributed by atoms with E-state index in [1.54, 1.807) is 24.4 Å². The van der Waals surface area contributed by atoms with Crippen LogP contribution in [0.2, 0.25) is 0 Å². The molecule has 0 saturated heterocycles. The van der Waals surface area contributed by atoms with Gasteiger partial charge in [-0.05, 0) is 74.3 Å². The number of fused-ring (bicyclic) bond motifs is 9. The van der Waals surface area contributed by atoms with E-state index < -0.39 is 11.6 Å². The molecule has 222 valence electrons. The maximum atomic E-state index is 8.71. The molecule has 0 amide bonds. The highest BCUT2D eigenvalue weighted by atomic mass is 15.2. The molecule has 5 heteroatoms. The Morgan fingerprint density at radius 2 is 1.37 bits per heavy atom. The summed E-state index contributed by atoms with van der Waals surface area (Å²) in [4.78, 5) is 14.5. The van der Waals surface area contributed by atoms with E-state index in [0.29, 0.717) is 17.4 Å². The van der Waals surface area contributed by atoms with E-state index in [9.17, 15) is 0 Å². The highest BCUT2D eigenvalue weighted by Crippen LogP contribution is 2.62. The van der Waals surface area contributed by atoms with E-state index in [1.165, 1.54) is 44.5 Å². The standard InChI is InChI=1S/C41H33N5/c1-4-5-20-35(42)38-44-37(45-39(46-38)36-21-12-13-24-43-36)26-22-23-30-28(25-26)27-14-6-7-15-29(27)41(30)33-18-10-8-16-31(33)40(2,3)32-17-9-11-19-34(32)41/h4-25,37,42H,1H2,2-3H3,(H,44,45,46)/b20-5-,42-35?. The molecule has 1 unspecified atom stereocenters. The molecule has 3 aliphatic rings. The predicted molar refractivity (Wildman–Crippen MR) is 187 cm³/mol. The SMILES string of the molecule is C=C/C=C\C(=N)C1=NC(c2ccc3c(c2)-c2ccccc2C32c3ccccc3C(C)(C)c3ccccc32)N=C(c2ccccn2)N1. The van der Waals surface area contributed by atoms with Crippen molar-refractivity contribution in [3.05, 3.63) is 185 Å². The van der Waals surface area contributed by atoms with Crippen LogP contribution in [-0.2, 0) is 10.8 Å². The molecule has 2 heterocycles. The van der Waals surface area contributed by atoms with Crippen molar-refractivity contribution in [1.82, 2.24) is 10.3 Å². The number of allylic oxidation sites excluding steroid dienone is 2. The molecular formula is C41H33N5. The Kier molecular flexibility index (Phi) is 6.33. The summed E-state index contributed by atoms with van der Waals surface area (Å²) >= 11 is 0. The summed E-state index contributed by atoms with van der Waals surface area (Å²) in [5.74, 6) is 1.02. The number of hydrogen-bond acceptors (Lipinski definition) is 5. The highest BCUT2D eigenvalue weighted by molar-refractivity contribution is 6.47. The Morgan fingerprint density at radius 3 is 2.04 bits per heavy atom. The largest absolute Gasteiger partial charge is 0.322 e. The van der Waals surface area contributed by atoms with Crippen LogP contribution >= 0.6 is 0 Å². The van der Waals surface area contributed by atoms with Crippen LogP contribution in [0.15, 0.2) is 150 Å². The zero-order chi connectivity index (χ0) is 31.5. The lowest BCUT2D eigenvalue weighted by atomic mass is 9.55. The van der Waals surface area contributed by atoms with Crippen LogP contribution in [0.4, 0.5) is 0 Å². The second kappa shape index (κ2) is 10.5. The van der Waals surface area contributed by atoms with Gasteiger partial charge in [0.2, 0.25) is 0 Å². The molecule has 0 radical (unpaired) electrons. The number of amidine groups is 2. The Balaban J connectivity index is 1.36. The second-order valence-electron chi connectivity index (χ2n) is 12.5. The van der Waals surface area contributed by atoms with Crippen molar-refractivity contribution < 1.29 is 0 Å². The molecule has 0 fully saturated rings. The minimum Gasteiger partial charge on any atom is -0.322 e. The van der Waals surface area contributed by atoms with E-state index in [-0.39, 0.29) is 11.1 Å². The third-order valence-corrected chi connectivity index (χ3v) is 9.68. The van der Waals surface area contributed by atoms with Gasteiger partial charge in [0.05, 0.1) is 11.1 Å². The van der Waals surface area contributed by atoms with Gasteiger partial charge >= 0.3 is 0 Å². The van der Waals surface area contributed by atoms with E-state index in [0.717, 1.165) is 5.56 Å². The fraction of sp³-hybridized carbons (Fsp3) is 0.122.